The maximum Gasteiger partial charge on any atom is 0.337 e. The number of aromatic carboxylic acids is 1. The molecular weight excluding hydrogens is 337 g/mol. The highest BCUT2D eigenvalue weighted by Crippen LogP contribution is 2.27. The Balaban J connectivity index is 2.48. The van der Waals surface area contributed by atoms with Gasteiger partial charge >= 0.3 is 5.97 Å². The third kappa shape index (κ3) is 3.47. The molecule has 0 atom stereocenters. The number of para-hydroxylation sites is 1. The predicted octanol–water partition coefficient (Wildman–Crippen LogP) is 3.49. The fraction of sp³-hybridized carbons (Fsp3) is 0. The summed E-state index contributed by atoms with van der Waals surface area (Å²) in [6.45, 7) is 0. The van der Waals surface area contributed by atoms with Gasteiger partial charge in [-0.25, -0.2) is 13.2 Å². The summed E-state index contributed by atoms with van der Waals surface area (Å²) in [7, 11) is -4.05. The minimum atomic E-state index is -4.05. The highest BCUT2D eigenvalue weighted by Gasteiger charge is 2.21. The van der Waals surface area contributed by atoms with E-state index in [0.29, 0.717) is 0 Å². The average Bonchev–Trinajstić information content (AvgIpc) is 2.41. The Hall–Kier alpha value is -1.76. The van der Waals surface area contributed by atoms with Crippen molar-refractivity contribution in [3.8, 4) is 0 Å². The van der Waals surface area contributed by atoms with Crippen LogP contribution in [0.25, 0.3) is 0 Å². The van der Waals surface area contributed by atoms with E-state index in [0.717, 1.165) is 0 Å². The van der Waals surface area contributed by atoms with Crippen molar-refractivity contribution in [2.75, 3.05) is 4.72 Å². The number of hydrogen-bond acceptors (Lipinski definition) is 3. The van der Waals surface area contributed by atoms with Crippen molar-refractivity contribution in [3.05, 3.63) is 58.1 Å². The van der Waals surface area contributed by atoms with E-state index < -0.39 is 16.0 Å². The van der Waals surface area contributed by atoms with E-state index >= 15 is 0 Å². The van der Waals surface area contributed by atoms with Crippen molar-refractivity contribution < 1.29 is 18.3 Å². The number of hydrogen-bond donors (Lipinski definition) is 2. The molecule has 0 aliphatic rings. The second-order valence-electron chi connectivity index (χ2n) is 4.03. The molecule has 0 radical (unpaired) electrons. The van der Waals surface area contributed by atoms with Gasteiger partial charge in [0.1, 0.15) is 4.90 Å². The molecule has 0 heterocycles. The van der Waals surface area contributed by atoms with Crippen molar-refractivity contribution in [3.63, 3.8) is 0 Å². The van der Waals surface area contributed by atoms with Crippen LogP contribution in [0.3, 0.4) is 0 Å². The Kier molecular flexibility index (Phi) is 4.41. The standard InChI is InChI=1S/C13H9Cl2NO4S/c14-8-5-6-10(15)12(7-8)21(19,20)16-11-4-2-1-3-9(11)13(17)18/h1-7,16H,(H,17,18). The molecule has 0 bridgehead atoms. The highest BCUT2D eigenvalue weighted by molar-refractivity contribution is 7.92. The van der Waals surface area contributed by atoms with Crippen LogP contribution in [0.15, 0.2) is 47.4 Å². The molecule has 0 unspecified atom stereocenters. The first-order valence-corrected chi connectivity index (χ1v) is 7.85. The van der Waals surface area contributed by atoms with Crippen molar-refractivity contribution >= 4 is 44.9 Å². The number of carbonyl (C=O) groups is 1. The monoisotopic (exact) mass is 345 g/mol. The number of sulfonamides is 1. The zero-order chi connectivity index (χ0) is 15.6. The Bertz CT molecular complexity index is 806. The summed E-state index contributed by atoms with van der Waals surface area (Å²) in [5, 5.41) is 9.24. The third-order valence-corrected chi connectivity index (χ3v) is 4.67. The Morgan fingerprint density at radius 2 is 1.76 bits per heavy atom. The molecule has 21 heavy (non-hydrogen) atoms. The van der Waals surface area contributed by atoms with Gasteiger partial charge in [-0.1, -0.05) is 35.3 Å². The number of nitrogens with one attached hydrogen (secondary N) is 1. The summed E-state index contributed by atoms with van der Waals surface area (Å²) < 4.78 is 26.8. The lowest BCUT2D eigenvalue weighted by molar-refractivity contribution is 0.0698. The SMILES string of the molecule is O=C(O)c1ccccc1NS(=O)(=O)c1cc(Cl)ccc1Cl. The lowest BCUT2D eigenvalue weighted by Crippen LogP contribution is -2.16. The molecule has 0 aromatic heterocycles. The van der Waals surface area contributed by atoms with E-state index in [1.807, 2.05) is 0 Å². The van der Waals surface area contributed by atoms with Crippen LogP contribution >= 0.6 is 23.2 Å². The Morgan fingerprint density at radius 1 is 1.10 bits per heavy atom. The Morgan fingerprint density at radius 3 is 2.43 bits per heavy atom. The van der Waals surface area contributed by atoms with Gasteiger partial charge in [-0.2, -0.15) is 0 Å². The maximum absolute atomic E-state index is 12.3. The Labute approximate surface area is 131 Å². The smallest absolute Gasteiger partial charge is 0.337 e. The first-order chi connectivity index (χ1) is 9.81. The average molecular weight is 346 g/mol. The zero-order valence-electron chi connectivity index (χ0n) is 10.4. The topological polar surface area (TPSA) is 83.5 Å². The minimum Gasteiger partial charge on any atom is -0.478 e. The van der Waals surface area contributed by atoms with Crippen LogP contribution in [0, 0.1) is 0 Å². The molecule has 0 fully saturated rings. The summed E-state index contributed by atoms with van der Waals surface area (Å²) in [5.74, 6) is -1.24. The van der Waals surface area contributed by atoms with Gasteiger partial charge in [-0.05, 0) is 30.3 Å². The molecular formula is C13H9Cl2NO4S. The van der Waals surface area contributed by atoms with Crippen molar-refractivity contribution in [1.29, 1.82) is 0 Å². The van der Waals surface area contributed by atoms with Crippen LogP contribution in [0.5, 0.6) is 0 Å². The van der Waals surface area contributed by atoms with Crippen LogP contribution in [-0.4, -0.2) is 19.5 Å². The summed E-state index contributed by atoms with van der Waals surface area (Å²) >= 11 is 11.6. The van der Waals surface area contributed by atoms with E-state index in [-0.39, 0.29) is 26.2 Å². The number of benzene rings is 2. The van der Waals surface area contributed by atoms with E-state index in [1.165, 1.54) is 42.5 Å². The van der Waals surface area contributed by atoms with E-state index in [4.69, 9.17) is 28.3 Å². The van der Waals surface area contributed by atoms with Crippen molar-refractivity contribution in [1.82, 2.24) is 0 Å². The van der Waals surface area contributed by atoms with Gasteiger partial charge in [0.2, 0.25) is 0 Å². The summed E-state index contributed by atoms with van der Waals surface area (Å²) in [6.07, 6.45) is 0. The predicted molar refractivity (Wildman–Crippen MR) is 80.7 cm³/mol. The van der Waals surface area contributed by atoms with Crippen LogP contribution in [-0.2, 0) is 10.0 Å². The lowest BCUT2D eigenvalue weighted by Gasteiger charge is -2.11. The highest BCUT2D eigenvalue weighted by atomic mass is 35.5. The second kappa shape index (κ2) is 5.93. The van der Waals surface area contributed by atoms with Crippen LogP contribution in [0.2, 0.25) is 10.0 Å². The lowest BCUT2D eigenvalue weighted by atomic mass is 10.2. The van der Waals surface area contributed by atoms with Gasteiger partial charge < -0.3 is 5.11 Å². The first kappa shape index (κ1) is 15.6. The van der Waals surface area contributed by atoms with Gasteiger partial charge in [-0.3, -0.25) is 4.72 Å². The molecule has 8 heteroatoms. The van der Waals surface area contributed by atoms with Crippen molar-refractivity contribution in [2.24, 2.45) is 0 Å². The molecule has 0 spiro atoms. The van der Waals surface area contributed by atoms with E-state index in [2.05, 4.69) is 4.72 Å². The van der Waals surface area contributed by atoms with Crippen LogP contribution in [0.1, 0.15) is 10.4 Å². The molecule has 0 saturated carbocycles. The molecule has 110 valence electrons. The van der Waals surface area contributed by atoms with Crippen LogP contribution < -0.4 is 4.72 Å². The molecule has 5 nitrogen and oxygen atoms in total. The van der Waals surface area contributed by atoms with E-state index in [9.17, 15) is 13.2 Å². The molecule has 2 rings (SSSR count). The second-order valence-corrected chi connectivity index (χ2v) is 6.53. The van der Waals surface area contributed by atoms with E-state index in [1.54, 1.807) is 0 Å². The van der Waals surface area contributed by atoms with Gasteiger partial charge in [0.05, 0.1) is 16.3 Å². The number of anilines is 1. The molecule has 0 amide bonds. The number of rotatable bonds is 4. The van der Waals surface area contributed by atoms with Gasteiger partial charge in [-0.15, -0.1) is 0 Å². The number of carboxylic acids is 1. The van der Waals surface area contributed by atoms with Gasteiger partial charge in [0.15, 0.2) is 0 Å². The zero-order valence-corrected chi connectivity index (χ0v) is 12.7. The molecule has 0 aliphatic carbocycles. The quantitative estimate of drug-likeness (QED) is 0.888. The maximum atomic E-state index is 12.3. The normalized spacial score (nSPS) is 11.1. The molecule has 0 aliphatic heterocycles. The molecule has 2 aromatic rings. The van der Waals surface area contributed by atoms with Crippen LogP contribution in [0.4, 0.5) is 5.69 Å². The summed E-state index contributed by atoms with van der Waals surface area (Å²) in [6, 6.07) is 9.64. The first-order valence-electron chi connectivity index (χ1n) is 5.61. The molecule has 2 N–H and O–H groups in total. The fourth-order valence-corrected chi connectivity index (χ4v) is 3.48. The number of halogens is 2. The molecule has 0 saturated heterocycles. The summed E-state index contributed by atoms with van der Waals surface area (Å²) in [5.41, 5.74) is -0.222. The number of carboxylic acid groups (broad SMARTS) is 1. The largest absolute Gasteiger partial charge is 0.478 e. The minimum absolute atomic E-state index is 0.0142. The third-order valence-electron chi connectivity index (χ3n) is 2.58. The van der Waals surface area contributed by atoms with Gasteiger partial charge in [0, 0.05) is 5.02 Å². The molecule has 2 aromatic carbocycles. The van der Waals surface area contributed by atoms with Crippen molar-refractivity contribution in [2.45, 2.75) is 4.90 Å². The fourth-order valence-electron chi connectivity index (χ4n) is 1.64. The van der Waals surface area contributed by atoms with Gasteiger partial charge in [0.25, 0.3) is 10.0 Å². The summed E-state index contributed by atoms with van der Waals surface area (Å²) in [4.78, 5) is 10.9.